The largest absolute Gasteiger partial charge is 0.464 e. The van der Waals surface area contributed by atoms with Gasteiger partial charge in [-0.1, -0.05) is 13.3 Å². The maximum absolute atomic E-state index is 12.9. The van der Waals surface area contributed by atoms with E-state index in [0.717, 1.165) is 31.4 Å². The number of aromatic nitrogens is 1. The van der Waals surface area contributed by atoms with Crippen molar-refractivity contribution in [2.45, 2.75) is 46.5 Å². The third kappa shape index (κ3) is 3.62. The Morgan fingerprint density at radius 1 is 1.24 bits per heavy atom. The predicted molar refractivity (Wildman–Crippen MR) is 94.8 cm³/mol. The number of methoxy groups -OCH3 is 1. The van der Waals surface area contributed by atoms with Gasteiger partial charge >= 0.3 is 5.97 Å². The molecule has 1 amide bonds. The molecule has 138 valence electrons. The van der Waals surface area contributed by atoms with Crippen molar-refractivity contribution in [3.05, 3.63) is 22.5 Å². The third-order valence-corrected chi connectivity index (χ3v) is 5.18. The molecule has 25 heavy (non-hydrogen) atoms. The number of hydrogen-bond donors (Lipinski definition) is 0. The topological polar surface area (TPSA) is 68.6 Å². The highest BCUT2D eigenvalue weighted by Gasteiger charge is 2.32. The predicted octanol–water partition coefficient (Wildman–Crippen LogP) is 2.65. The summed E-state index contributed by atoms with van der Waals surface area (Å²) in [5.74, 6) is -0.427. The average molecular weight is 348 g/mol. The van der Waals surface area contributed by atoms with E-state index in [1.54, 1.807) is 23.4 Å². The van der Waals surface area contributed by atoms with Crippen LogP contribution in [0.4, 0.5) is 0 Å². The summed E-state index contributed by atoms with van der Waals surface area (Å²) in [5.41, 5.74) is 2.24. The Labute approximate surface area is 149 Å². The summed E-state index contributed by atoms with van der Waals surface area (Å²) in [5, 5.41) is 0. The highest BCUT2D eigenvalue weighted by atomic mass is 16.5. The minimum absolute atomic E-state index is 0.0650. The maximum atomic E-state index is 12.9. The fraction of sp³-hybridized carbons (Fsp3) is 0.632. The first-order valence-corrected chi connectivity index (χ1v) is 8.89. The van der Waals surface area contributed by atoms with Gasteiger partial charge in [-0.2, -0.15) is 0 Å². The monoisotopic (exact) mass is 348 g/mol. The zero-order chi connectivity index (χ0) is 18.7. The SMILES string of the molecule is CCCN(CC(=O)c1c(C)c(C(=O)OC)n(C)c1C)C(=O)C1CCC1. The van der Waals surface area contributed by atoms with Crippen molar-refractivity contribution < 1.29 is 19.1 Å². The average Bonchev–Trinajstić information content (AvgIpc) is 2.74. The van der Waals surface area contributed by atoms with Crippen molar-refractivity contribution in [3.8, 4) is 0 Å². The summed E-state index contributed by atoms with van der Waals surface area (Å²) in [6.45, 7) is 6.21. The molecule has 1 aliphatic rings. The van der Waals surface area contributed by atoms with Gasteiger partial charge < -0.3 is 14.2 Å². The summed E-state index contributed by atoms with van der Waals surface area (Å²) < 4.78 is 6.51. The molecule has 0 bridgehead atoms. The van der Waals surface area contributed by atoms with E-state index < -0.39 is 5.97 Å². The Bertz CT molecular complexity index is 686. The van der Waals surface area contributed by atoms with Crippen LogP contribution in [0.15, 0.2) is 0 Å². The molecular weight excluding hydrogens is 320 g/mol. The summed E-state index contributed by atoms with van der Waals surface area (Å²) >= 11 is 0. The van der Waals surface area contributed by atoms with Crippen molar-refractivity contribution in [1.82, 2.24) is 9.47 Å². The van der Waals surface area contributed by atoms with Crippen molar-refractivity contribution in [3.63, 3.8) is 0 Å². The standard InChI is InChI=1S/C19H28N2O4/c1-6-10-21(18(23)14-8-7-9-14)11-15(22)16-12(2)17(19(24)25-5)20(4)13(16)3/h14H,6-11H2,1-5H3. The van der Waals surface area contributed by atoms with Gasteiger partial charge in [0.25, 0.3) is 0 Å². The molecule has 1 heterocycles. The number of amides is 1. The number of ketones is 1. The lowest BCUT2D eigenvalue weighted by Gasteiger charge is -2.31. The summed E-state index contributed by atoms with van der Waals surface area (Å²) in [6.07, 6.45) is 3.74. The first-order valence-electron chi connectivity index (χ1n) is 8.89. The lowest BCUT2D eigenvalue weighted by Crippen LogP contribution is -2.42. The number of carbonyl (C=O) groups is 3. The maximum Gasteiger partial charge on any atom is 0.354 e. The van der Waals surface area contributed by atoms with E-state index in [9.17, 15) is 14.4 Å². The van der Waals surface area contributed by atoms with Crippen LogP contribution in [-0.2, 0) is 16.6 Å². The first-order chi connectivity index (χ1) is 11.8. The smallest absolute Gasteiger partial charge is 0.354 e. The van der Waals surface area contributed by atoms with Gasteiger partial charge in [0.2, 0.25) is 5.91 Å². The van der Waals surface area contributed by atoms with Gasteiger partial charge in [-0.15, -0.1) is 0 Å². The van der Waals surface area contributed by atoms with Gasteiger partial charge in [0.05, 0.1) is 13.7 Å². The fourth-order valence-electron chi connectivity index (χ4n) is 3.48. The second-order valence-electron chi connectivity index (χ2n) is 6.80. The van der Waals surface area contributed by atoms with Gasteiger partial charge in [0.15, 0.2) is 5.78 Å². The second kappa shape index (κ2) is 7.85. The van der Waals surface area contributed by atoms with Gasteiger partial charge in [-0.05, 0) is 38.7 Å². The van der Waals surface area contributed by atoms with Crippen molar-refractivity contribution >= 4 is 17.7 Å². The molecule has 6 nitrogen and oxygen atoms in total. The molecule has 0 N–H and O–H groups in total. The van der Waals surface area contributed by atoms with Crippen LogP contribution in [0, 0.1) is 19.8 Å². The van der Waals surface area contributed by atoms with Crippen LogP contribution in [0.1, 0.15) is 64.7 Å². The number of rotatable bonds is 7. The summed E-state index contributed by atoms with van der Waals surface area (Å²) in [4.78, 5) is 39.2. The highest BCUT2D eigenvalue weighted by Crippen LogP contribution is 2.29. The molecule has 1 saturated carbocycles. The van der Waals surface area contributed by atoms with E-state index in [-0.39, 0.29) is 24.2 Å². The minimum atomic E-state index is -0.460. The molecule has 6 heteroatoms. The van der Waals surface area contributed by atoms with Crippen LogP contribution in [0.25, 0.3) is 0 Å². The van der Waals surface area contributed by atoms with Crippen LogP contribution >= 0.6 is 0 Å². The zero-order valence-electron chi connectivity index (χ0n) is 15.8. The van der Waals surface area contributed by atoms with E-state index in [2.05, 4.69) is 0 Å². The van der Waals surface area contributed by atoms with Crippen LogP contribution in [0.5, 0.6) is 0 Å². The molecule has 0 unspecified atom stereocenters. The van der Waals surface area contributed by atoms with Crippen molar-refractivity contribution in [2.75, 3.05) is 20.2 Å². The Kier molecular flexibility index (Phi) is 6.03. The van der Waals surface area contributed by atoms with Gasteiger partial charge in [-0.25, -0.2) is 4.79 Å². The Morgan fingerprint density at radius 2 is 1.88 bits per heavy atom. The molecule has 0 spiro atoms. The number of nitrogens with zero attached hydrogens (tertiary/aromatic N) is 2. The van der Waals surface area contributed by atoms with E-state index in [0.29, 0.717) is 23.4 Å². The van der Waals surface area contributed by atoms with E-state index in [1.807, 2.05) is 13.8 Å². The summed E-state index contributed by atoms with van der Waals surface area (Å²) in [6, 6.07) is 0. The van der Waals surface area contributed by atoms with E-state index >= 15 is 0 Å². The van der Waals surface area contributed by atoms with Crippen LogP contribution < -0.4 is 0 Å². The minimum Gasteiger partial charge on any atom is -0.464 e. The van der Waals surface area contributed by atoms with Crippen LogP contribution in [-0.4, -0.2) is 47.3 Å². The quantitative estimate of drug-likeness (QED) is 0.561. The van der Waals surface area contributed by atoms with Gasteiger partial charge in [0, 0.05) is 30.8 Å². The number of ether oxygens (including phenoxy) is 1. The molecule has 0 saturated heterocycles. The van der Waals surface area contributed by atoms with Gasteiger partial charge in [-0.3, -0.25) is 9.59 Å². The zero-order valence-corrected chi connectivity index (χ0v) is 15.8. The molecule has 0 radical (unpaired) electrons. The molecule has 1 aromatic heterocycles. The Morgan fingerprint density at radius 3 is 2.36 bits per heavy atom. The normalized spacial score (nSPS) is 14.1. The lowest BCUT2D eigenvalue weighted by atomic mass is 9.84. The second-order valence-corrected chi connectivity index (χ2v) is 6.80. The molecule has 1 fully saturated rings. The Hall–Kier alpha value is -2.11. The van der Waals surface area contributed by atoms with E-state index in [1.165, 1.54) is 7.11 Å². The number of carbonyl (C=O) groups excluding carboxylic acids is 3. The Balaban J connectivity index is 2.27. The molecule has 0 aliphatic heterocycles. The van der Waals surface area contributed by atoms with Crippen molar-refractivity contribution in [2.24, 2.45) is 13.0 Å². The molecule has 0 aromatic carbocycles. The highest BCUT2D eigenvalue weighted by molar-refractivity contribution is 6.04. The first kappa shape index (κ1) is 19.2. The van der Waals surface area contributed by atoms with Crippen molar-refractivity contribution in [1.29, 1.82) is 0 Å². The fourth-order valence-corrected chi connectivity index (χ4v) is 3.48. The third-order valence-electron chi connectivity index (χ3n) is 5.18. The van der Waals surface area contributed by atoms with Gasteiger partial charge in [0.1, 0.15) is 5.69 Å². The molecule has 1 aliphatic carbocycles. The molecule has 1 aromatic rings. The number of Topliss-reactive ketones (excluding diaryl/α,β-unsaturated/α-hetero) is 1. The molecule has 2 rings (SSSR count). The number of esters is 1. The lowest BCUT2D eigenvalue weighted by molar-refractivity contribution is -0.137. The van der Waals surface area contributed by atoms with E-state index in [4.69, 9.17) is 4.74 Å². The molecule has 0 atom stereocenters. The van der Waals surface area contributed by atoms with Crippen LogP contribution in [0.2, 0.25) is 0 Å². The summed E-state index contributed by atoms with van der Waals surface area (Å²) in [7, 11) is 3.07. The van der Waals surface area contributed by atoms with Crippen LogP contribution in [0.3, 0.4) is 0 Å². The number of hydrogen-bond acceptors (Lipinski definition) is 4. The molecular formula is C19H28N2O4.